The lowest BCUT2D eigenvalue weighted by molar-refractivity contribution is -0.139. The number of rotatable bonds is 5. The molecule has 7 heteroatoms. The summed E-state index contributed by atoms with van der Waals surface area (Å²) < 4.78 is 0. The Balaban J connectivity index is 1.40. The van der Waals surface area contributed by atoms with Crippen molar-refractivity contribution < 1.29 is 14.4 Å². The zero-order valence-electron chi connectivity index (χ0n) is 14.9. The third kappa shape index (κ3) is 3.84. The van der Waals surface area contributed by atoms with Crippen molar-refractivity contribution in [1.82, 2.24) is 9.88 Å². The molecule has 0 bridgehead atoms. The summed E-state index contributed by atoms with van der Waals surface area (Å²) in [6, 6.07) is 16.8. The number of nitrogens with one attached hydrogen (secondary N) is 1. The number of benzene rings is 2. The lowest BCUT2D eigenvalue weighted by Crippen LogP contribution is -2.28. The molecule has 0 spiro atoms. The number of thiazole rings is 1. The molecular weight excluding hydrogens is 374 g/mol. The smallest absolute Gasteiger partial charge is 0.275 e. The lowest BCUT2D eigenvalue weighted by atomic mass is 10.2. The van der Waals surface area contributed by atoms with E-state index in [1.807, 2.05) is 30.3 Å². The number of amides is 3. The summed E-state index contributed by atoms with van der Waals surface area (Å²) in [5.41, 5.74) is 2.80. The molecule has 0 unspecified atom stereocenters. The molecule has 2 aromatic carbocycles. The maximum absolute atomic E-state index is 12.4. The first kappa shape index (κ1) is 18.1. The standard InChI is InChI=1S/C21H17N3O3S/c25-18-10-11-19(26)24(18)12-14-6-8-16(9-7-14)22-20(27)17-13-28-21(23-17)15-4-2-1-3-5-15/h1-9,13H,10-12H2,(H,22,27). The van der Waals surface area contributed by atoms with Gasteiger partial charge in [0.25, 0.3) is 5.91 Å². The van der Waals surface area contributed by atoms with Crippen molar-refractivity contribution in [2.45, 2.75) is 19.4 Å². The molecule has 0 aliphatic carbocycles. The van der Waals surface area contributed by atoms with Crippen LogP contribution in [0.5, 0.6) is 0 Å². The van der Waals surface area contributed by atoms with Crippen LogP contribution in [0.4, 0.5) is 5.69 Å². The molecule has 6 nitrogen and oxygen atoms in total. The SMILES string of the molecule is O=C(Nc1ccc(CN2C(=O)CCC2=O)cc1)c1csc(-c2ccccc2)n1. The average Bonchev–Trinajstić information content (AvgIpc) is 3.33. The highest BCUT2D eigenvalue weighted by Crippen LogP contribution is 2.24. The van der Waals surface area contributed by atoms with E-state index in [2.05, 4.69) is 10.3 Å². The van der Waals surface area contributed by atoms with Crippen LogP contribution >= 0.6 is 11.3 Å². The van der Waals surface area contributed by atoms with Crippen molar-refractivity contribution in [2.75, 3.05) is 5.32 Å². The Morgan fingerprint density at radius 1 is 1.00 bits per heavy atom. The first-order valence-electron chi connectivity index (χ1n) is 8.84. The molecule has 2 heterocycles. The van der Waals surface area contributed by atoms with Crippen LogP contribution in [0.15, 0.2) is 60.0 Å². The van der Waals surface area contributed by atoms with Gasteiger partial charge < -0.3 is 5.32 Å². The molecule has 140 valence electrons. The van der Waals surface area contributed by atoms with Crippen LogP contribution in [0.3, 0.4) is 0 Å². The fraction of sp³-hybridized carbons (Fsp3) is 0.143. The van der Waals surface area contributed by atoms with Gasteiger partial charge >= 0.3 is 0 Å². The highest BCUT2D eigenvalue weighted by Gasteiger charge is 2.28. The first-order chi connectivity index (χ1) is 13.6. The quantitative estimate of drug-likeness (QED) is 0.673. The maximum Gasteiger partial charge on any atom is 0.275 e. The molecule has 4 rings (SSSR count). The van der Waals surface area contributed by atoms with Crippen molar-refractivity contribution in [2.24, 2.45) is 0 Å². The van der Waals surface area contributed by atoms with Crippen molar-refractivity contribution in [3.8, 4) is 10.6 Å². The number of nitrogens with zero attached hydrogens (tertiary/aromatic N) is 2. The van der Waals surface area contributed by atoms with Gasteiger partial charge in [0.05, 0.1) is 6.54 Å². The van der Waals surface area contributed by atoms with Crippen LogP contribution in [0, 0.1) is 0 Å². The van der Waals surface area contributed by atoms with Crippen LogP contribution in [0.1, 0.15) is 28.9 Å². The van der Waals surface area contributed by atoms with Gasteiger partial charge in [0.1, 0.15) is 10.7 Å². The molecule has 3 amide bonds. The summed E-state index contributed by atoms with van der Waals surface area (Å²) in [7, 11) is 0. The minimum absolute atomic E-state index is 0.139. The van der Waals surface area contributed by atoms with Gasteiger partial charge in [-0.05, 0) is 17.7 Å². The van der Waals surface area contributed by atoms with E-state index in [4.69, 9.17) is 0 Å². The molecule has 1 saturated heterocycles. The van der Waals surface area contributed by atoms with Crippen LogP contribution in [-0.4, -0.2) is 27.6 Å². The predicted octanol–water partition coefficient (Wildman–Crippen LogP) is 3.71. The minimum atomic E-state index is -0.281. The van der Waals surface area contributed by atoms with E-state index in [-0.39, 0.29) is 37.1 Å². The Labute approximate surface area is 165 Å². The summed E-state index contributed by atoms with van der Waals surface area (Å²) >= 11 is 1.42. The number of hydrogen-bond donors (Lipinski definition) is 1. The van der Waals surface area contributed by atoms with Gasteiger partial charge in [0, 0.05) is 29.5 Å². The molecule has 3 aromatic rings. The number of carbonyl (C=O) groups excluding carboxylic acids is 3. The van der Waals surface area contributed by atoms with E-state index in [9.17, 15) is 14.4 Å². The summed E-state index contributed by atoms with van der Waals surface area (Å²) in [6.45, 7) is 0.262. The van der Waals surface area contributed by atoms with Crippen molar-refractivity contribution in [1.29, 1.82) is 0 Å². The van der Waals surface area contributed by atoms with E-state index in [0.29, 0.717) is 11.4 Å². The van der Waals surface area contributed by atoms with Crippen LogP contribution in [-0.2, 0) is 16.1 Å². The lowest BCUT2D eigenvalue weighted by Gasteiger charge is -2.14. The Hall–Kier alpha value is -3.32. The summed E-state index contributed by atoms with van der Waals surface area (Å²) in [5, 5.41) is 5.34. The Kier molecular flexibility index (Phi) is 4.99. The topological polar surface area (TPSA) is 79.4 Å². The van der Waals surface area contributed by atoms with E-state index >= 15 is 0 Å². The van der Waals surface area contributed by atoms with Crippen molar-refractivity contribution in [3.05, 3.63) is 71.2 Å². The molecule has 28 heavy (non-hydrogen) atoms. The molecule has 1 aromatic heterocycles. The molecule has 0 radical (unpaired) electrons. The predicted molar refractivity (Wildman–Crippen MR) is 107 cm³/mol. The maximum atomic E-state index is 12.4. The number of imide groups is 1. The molecule has 0 atom stereocenters. The van der Waals surface area contributed by atoms with E-state index in [0.717, 1.165) is 16.1 Å². The Morgan fingerprint density at radius 2 is 1.68 bits per heavy atom. The summed E-state index contributed by atoms with van der Waals surface area (Å²) in [5.74, 6) is -0.559. The van der Waals surface area contributed by atoms with Crippen molar-refractivity contribution in [3.63, 3.8) is 0 Å². The second-order valence-electron chi connectivity index (χ2n) is 6.43. The van der Waals surface area contributed by atoms with Gasteiger partial charge in [-0.3, -0.25) is 19.3 Å². The number of carbonyl (C=O) groups is 3. The van der Waals surface area contributed by atoms with Gasteiger partial charge in [0.2, 0.25) is 11.8 Å². The van der Waals surface area contributed by atoms with Crippen molar-refractivity contribution >= 4 is 34.7 Å². The second-order valence-corrected chi connectivity index (χ2v) is 7.29. The van der Waals surface area contributed by atoms with E-state index in [1.54, 1.807) is 29.6 Å². The fourth-order valence-electron chi connectivity index (χ4n) is 2.96. The van der Waals surface area contributed by atoms with Gasteiger partial charge in [0.15, 0.2) is 0 Å². The van der Waals surface area contributed by atoms with Gasteiger partial charge in [-0.15, -0.1) is 11.3 Å². The normalized spacial score (nSPS) is 13.8. The molecule has 1 aliphatic heterocycles. The molecule has 1 fully saturated rings. The van der Waals surface area contributed by atoms with Crippen LogP contribution in [0.25, 0.3) is 10.6 Å². The van der Waals surface area contributed by atoms with Gasteiger partial charge in [-0.2, -0.15) is 0 Å². The summed E-state index contributed by atoms with van der Waals surface area (Å²) in [4.78, 5) is 41.5. The first-order valence-corrected chi connectivity index (χ1v) is 9.72. The third-order valence-corrected chi connectivity index (χ3v) is 5.36. The zero-order chi connectivity index (χ0) is 19.5. The molecule has 1 N–H and O–H groups in total. The molecular formula is C21H17N3O3S. The number of likely N-dealkylation sites (tertiary alicyclic amines) is 1. The average molecular weight is 391 g/mol. The Morgan fingerprint density at radius 3 is 2.36 bits per heavy atom. The number of hydrogen-bond acceptors (Lipinski definition) is 5. The van der Waals surface area contributed by atoms with Gasteiger partial charge in [-0.1, -0.05) is 42.5 Å². The fourth-order valence-corrected chi connectivity index (χ4v) is 3.77. The summed E-state index contributed by atoms with van der Waals surface area (Å²) in [6.07, 6.45) is 0.567. The number of aromatic nitrogens is 1. The van der Waals surface area contributed by atoms with Crippen LogP contribution < -0.4 is 5.32 Å². The zero-order valence-corrected chi connectivity index (χ0v) is 15.7. The van der Waals surface area contributed by atoms with Gasteiger partial charge in [-0.25, -0.2) is 4.98 Å². The largest absolute Gasteiger partial charge is 0.321 e. The Bertz CT molecular complexity index is 1010. The molecule has 0 saturated carbocycles. The van der Waals surface area contributed by atoms with Crippen LogP contribution in [0.2, 0.25) is 0 Å². The highest BCUT2D eigenvalue weighted by atomic mass is 32.1. The minimum Gasteiger partial charge on any atom is -0.321 e. The second kappa shape index (κ2) is 7.74. The highest BCUT2D eigenvalue weighted by molar-refractivity contribution is 7.13. The number of anilines is 1. The van der Waals surface area contributed by atoms with E-state index in [1.165, 1.54) is 16.2 Å². The monoisotopic (exact) mass is 391 g/mol. The molecule has 1 aliphatic rings. The van der Waals surface area contributed by atoms with E-state index < -0.39 is 0 Å². The third-order valence-electron chi connectivity index (χ3n) is 4.46.